The zero-order chi connectivity index (χ0) is 31.6. The van der Waals surface area contributed by atoms with Crippen LogP contribution >= 0.6 is 11.3 Å². The van der Waals surface area contributed by atoms with Gasteiger partial charge in [-0.1, -0.05) is 65.8 Å². The van der Waals surface area contributed by atoms with Crippen LogP contribution in [0.15, 0.2) is 29.8 Å². The number of aromatic nitrogens is 1. The Bertz CT molecular complexity index is 1270. The summed E-state index contributed by atoms with van der Waals surface area (Å²) in [6, 6.07) is 4.96. The van der Waals surface area contributed by atoms with Crippen LogP contribution < -0.4 is 10.6 Å². The minimum Gasteiger partial charge on any atom is -0.465 e. The summed E-state index contributed by atoms with van der Waals surface area (Å²) >= 11 is 1.55. The van der Waals surface area contributed by atoms with Gasteiger partial charge in [0, 0.05) is 13.0 Å². The van der Waals surface area contributed by atoms with Gasteiger partial charge in [0.1, 0.15) is 12.1 Å². The Hall–Kier alpha value is -2.80. The molecular formula is C30H46N4O6SSi. The third-order valence-electron chi connectivity index (χ3n) is 8.32. The van der Waals surface area contributed by atoms with Crippen LogP contribution in [-0.4, -0.2) is 77.7 Å². The largest absolute Gasteiger partial charge is 0.465 e. The standard InChI is InChI=1S/C30H46N4O6SSi/c1-18-24(41-17-31-18)20-12-10-19(11-13-20)22(16-35)32-26(36)23-14-21(40-42(8,9)30(5,6)7)15-34(23)27(37)25(29(2,3)4)33-28(38)39/h10-13,17,21-23,25,33,35H,14-16H2,1-9H3,(H,32,36)(H,38,39)/t21-,22+,23+,25?/m1/s1. The Balaban J connectivity index is 1.88. The van der Waals surface area contributed by atoms with Gasteiger partial charge in [-0.2, -0.15) is 0 Å². The molecule has 0 spiro atoms. The first-order chi connectivity index (χ1) is 19.4. The number of amides is 3. The van der Waals surface area contributed by atoms with Gasteiger partial charge in [-0.15, -0.1) is 11.3 Å². The number of aliphatic hydroxyl groups is 1. The Labute approximate surface area is 254 Å². The maximum Gasteiger partial charge on any atom is 0.405 e. The van der Waals surface area contributed by atoms with Gasteiger partial charge in [0.2, 0.25) is 11.8 Å². The van der Waals surface area contributed by atoms with E-state index in [4.69, 9.17) is 4.43 Å². The monoisotopic (exact) mass is 618 g/mol. The van der Waals surface area contributed by atoms with Crippen molar-refractivity contribution in [1.29, 1.82) is 0 Å². The smallest absolute Gasteiger partial charge is 0.405 e. The van der Waals surface area contributed by atoms with E-state index in [-0.39, 0.29) is 30.7 Å². The van der Waals surface area contributed by atoms with E-state index < -0.39 is 49.8 Å². The van der Waals surface area contributed by atoms with Crippen LogP contribution in [0.3, 0.4) is 0 Å². The van der Waals surface area contributed by atoms with Gasteiger partial charge in [0.05, 0.1) is 34.8 Å². The molecule has 4 N–H and O–H groups in total. The van der Waals surface area contributed by atoms with Crippen molar-refractivity contribution >= 4 is 37.6 Å². The number of aliphatic hydroxyl groups excluding tert-OH is 1. The second kappa shape index (κ2) is 12.8. The predicted molar refractivity (Wildman–Crippen MR) is 167 cm³/mol. The number of aryl methyl sites for hydroxylation is 1. The first-order valence-corrected chi connectivity index (χ1v) is 18.0. The minimum atomic E-state index is -2.24. The van der Waals surface area contributed by atoms with Gasteiger partial charge in [-0.05, 0) is 41.6 Å². The highest BCUT2D eigenvalue weighted by molar-refractivity contribution is 7.13. The molecule has 12 heteroatoms. The number of likely N-dealkylation sites (tertiary alicyclic amines) is 1. The molecule has 232 valence electrons. The van der Waals surface area contributed by atoms with Crippen LogP contribution in [-0.2, 0) is 14.0 Å². The van der Waals surface area contributed by atoms with E-state index in [2.05, 4.69) is 49.5 Å². The summed E-state index contributed by atoms with van der Waals surface area (Å²) in [4.78, 5) is 46.1. The third kappa shape index (κ3) is 7.77. The second-order valence-corrected chi connectivity index (χ2v) is 19.2. The van der Waals surface area contributed by atoms with Crippen molar-refractivity contribution in [1.82, 2.24) is 20.5 Å². The number of carbonyl (C=O) groups is 3. The van der Waals surface area contributed by atoms with Gasteiger partial charge >= 0.3 is 6.09 Å². The Kier molecular flexibility index (Phi) is 10.3. The maximum atomic E-state index is 13.9. The zero-order valence-corrected chi connectivity index (χ0v) is 28.0. The number of hydrogen-bond acceptors (Lipinski definition) is 7. The Morgan fingerprint density at radius 2 is 1.74 bits per heavy atom. The quantitative estimate of drug-likeness (QED) is 0.292. The molecule has 0 bridgehead atoms. The molecule has 42 heavy (non-hydrogen) atoms. The van der Waals surface area contributed by atoms with E-state index in [1.165, 1.54) is 4.90 Å². The van der Waals surface area contributed by atoms with Crippen molar-refractivity contribution in [2.24, 2.45) is 5.41 Å². The molecule has 0 aliphatic carbocycles. The molecule has 3 amide bonds. The number of benzene rings is 1. The average molecular weight is 619 g/mol. The third-order valence-corrected chi connectivity index (χ3v) is 13.8. The molecule has 2 heterocycles. The minimum absolute atomic E-state index is 0.0765. The van der Waals surface area contributed by atoms with Crippen LogP contribution in [0.1, 0.15) is 65.3 Å². The lowest BCUT2D eigenvalue weighted by Gasteiger charge is -2.38. The van der Waals surface area contributed by atoms with Crippen LogP contribution in [0.4, 0.5) is 4.79 Å². The fourth-order valence-electron chi connectivity index (χ4n) is 4.85. The number of hydrogen-bond donors (Lipinski definition) is 4. The van der Waals surface area contributed by atoms with E-state index >= 15 is 0 Å². The van der Waals surface area contributed by atoms with Gasteiger partial charge in [-0.25, -0.2) is 9.78 Å². The van der Waals surface area contributed by atoms with Crippen molar-refractivity contribution in [2.45, 2.75) is 97.2 Å². The average Bonchev–Trinajstić information content (AvgIpc) is 3.50. The SMILES string of the molecule is Cc1ncsc1-c1ccc([C@H](CO)NC(=O)[C@@H]2C[C@@H](O[Si](C)(C)C(C)(C)C)CN2C(=O)C(NC(=O)O)C(C)(C)C)cc1. The van der Waals surface area contributed by atoms with Gasteiger partial charge in [-0.3, -0.25) is 9.59 Å². The predicted octanol–water partition coefficient (Wildman–Crippen LogP) is 4.94. The van der Waals surface area contributed by atoms with E-state index in [1.807, 2.05) is 31.2 Å². The fourth-order valence-corrected chi connectivity index (χ4v) is 7.02. The van der Waals surface area contributed by atoms with E-state index in [9.17, 15) is 24.6 Å². The summed E-state index contributed by atoms with van der Waals surface area (Å²) in [5.74, 6) is -0.898. The lowest BCUT2D eigenvalue weighted by molar-refractivity contribution is -0.142. The van der Waals surface area contributed by atoms with Gasteiger partial charge in [0.15, 0.2) is 8.32 Å². The molecule has 1 aliphatic rings. The first-order valence-electron chi connectivity index (χ1n) is 14.2. The summed E-state index contributed by atoms with van der Waals surface area (Å²) in [5.41, 5.74) is 3.72. The molecule has 1 aliphatic heterocycles. The lowest BCUT2D eigenvalue weighted by Crippen LogP contribution is -2.57. The highest BCUT2D eigenvalue weighted by Gasteiger charge is 2.48. The number of carboxylic acid groups (broad SMARTS) is 1. The Morgan fingerprint density at radius 3 is 2.21 bits per heavy atom. The highest BCUT2D eigenvalue weighted by Crippen LogP contribution is 2.39. The molecule has 1 unspecified atom stereocenters. The second-order valence-electron chi connectivity index (χ2n) is 13.6. The zero-order valence-electron chi connectivity index (χ0n) is 26.1. The molecule has 3 rings (SSSR count). The molecule has 2 aromatic rings. The van der Waals surface area contributed by atoms with Gasteiger partial charge < -0.3 is 30.2 Å². The summed E-state index contributed by atoms with van der Waals surface area (Å²) in [6.45, 7) is 17.7. The molecule has 1 saturated heterocycles. The van der Waals surface area contributed by atoms with Crippen molar-refractivity contribution in [2.75, 3.05) is 13.2 Å². The number of thiazole rings is 1. The van der Waals surface area contributed by atoms with Crippen molar-refractivity contribution in [3.05, 3.63) is 41.0 Å². The van der Waals surface area contributed by atoms with E-state index in [0.29, 0.717) is 0 Å². The summed E-state index contributed by atoms with van der Waals surface area (Å²) in [5, 5.41) is 24.9. The molecule has 10 nitrogen and oxygen atoms in total. The van der Waals surface area contributed by atoms with E-state index in [0.717, 1.165) is 21.7 Å². The fraction of sp³-hybridized carbons (Fsp3) is 0.600. The number of nitrogens with zero attached hydrogens (tertiary/aromatic N) is 2. The normalized spacial score (nSPS) is 19.3. The number of rotatable bonds is 9. The molecule has 1 fully saturated rings. The molecular weight excluding hydrogens is 573 g/mol. The van der Waals surface area contributed by atoms with Crippen LogP contribution in [0.5, 0.6) is 0 Å². The van der Waals surface area contributed by atoms with Crippen LogP contribution in [0.25, 0.3) is 10.4 Å². The first kappa shape index (κ1) is 33.7. The lowest BCUT2D eigenvalue weighted by atomic mass is 9.85. The molecule has 4 atom stereocenters. The van der Waals surface area contributed by atoms with E-state index in [1.54, 1.807) is 37.6 Å². The summed E-state index contributed by atoms with van der Waals surface area (Å²) in [7, 11) is -2.24. The maximum absolute atomic E-state index is 13.9. The Morgan fingerprint density at radius 1 is 1.12 bits per heavy atom. The molecule has 0 radical (unpaired) electrons. The molecule has 1 aromatic carbocycles. The highest BCUT2D eigenvalue weighted by atomic mass is 32.1. The topological polar surface area (TPSA) is 141 Å². The van der Waals surface area contributed by atoms with Crippen molar-refractivity contribution < 1.29 is 29.0 Å². The van der Waals surface area contributed by atoms with Crippen LogP contribution in [0, 0.1) is 12.3 Å². The summed E-state index contributed by atoms with van der Waals surface area (Å²) < 4.78 is 6.62. The van der Waals surface area contributed by atoms with Crippen molar-refractivity contribution in [3.8, 4) is 10.4 Å². The van der Waals surface area contributed by atoms with Crippen molar-refractivity contribution in [3.63, 3.8) is 0 Å². The van der Waals surface area contributed by atoms with Gasteiger partial charge in [0.25, 0.3) is 0 Å². The van der Waals surface area contributed by atoms with Crippen LogP contribution in [0.2, 0.25) is 18.1 Å². The summed E-state index contributed by atoms with van der Waals surface area (Å²) in [6.07, 6.45) is -1.42. The number of nitrogens with one attached hydrogen (secondary N) is 2. The molecule has 0 saturated carbocycles. The number of carbonyl (C=O) groups excluding carboxylic acids is 2. The molecule has 1 aromatic heterocycles.